The number of aliphatic hydroxyl groups is 1. The average Bonchev–Trinajstić information content (AvgIpc) is 3.03. The summed E-state index contributed by atoms with van der Waals surface area (Å²) in [7, 11) is 0. The lowest BCUT2D eigenvalue weighted by atomic mass is 9.74. The van der Waals surface area contributed by atoms with E-state index >= 15 is 0 Å². The van der Waals surface area contributed by atoms with Gasteiger partial charge < -0.3 is 30.4 Å². The fourth-order valence-electron chi connectivity index (χ4n) is 5.44. The highest BCUT2D eigenvalue weighted by atomic mass is 35.5. The fourth-order valence-corrected chi connectivity index (χ4v) is 5.66. The molecular formula is C33H29ClF3N5O5. The summed E-state index contributed by atoms with van der Waals surface area (Å²) in [5.41, 5.74) is 1.34. The number of amidine groups is 1. The van der Waals surface area contributed by atoms with Crippen molar-refractivity contribution in [3.05, 3.63) is 99.9 Å². The van der Waals surface area contributed by atoms with E-state index in [2.05, 4.69) is 15.6 Å². The van der Waals surface area contributed by atoms with Crippen LogP contribution in [-0.2, 0) is 0 Å². The van der Waals surface area contributed by atoms with Crippen LogP contribution in [0.1, 0.15) is 47.4 Å². The number of alkyl halides is 2. The van der Waals surface area contributed by atoms with Gasteiger partial charge in [0.2, 0.25) is 0 Å². The number of rotatable bonds is 10. The van der Waals surface area contributed by atoms with Crippen LogP contribution >= 0.6 is 11.6 Å². The number of benzene rings is 2. The first-order valence-corrected chi connectivity index (χ1v) is 15.2. The molecule has 1 fully saturated rings. The Labute approximate surface area is 272 Å². The number of aliphatic imine (C=N–C) groups is 1. The van der Waals surface area contributed by atoms with E-state index in [1.54, 1.807) is 18.3 Å². The highest BCUT2D eigenvalue weighted by molar-refractivity contribution is 6.32. The monoisotopic (exact) mass is 667 g/mol. The van der Waals surface area contributed by atoms with Gasteiger partial charge in [-0.05, 0) is 74.4 Å². The Morgan fingerprint density at radius 3 is 2.55 bits per heavy atom. The summed E-state index contributed by atoms with van der Waals surface area (Å²) < 4.78 is 50.9. The van der Waals surface area contributed by atoms with Crippen LogP contribution in [0.5, 0.6) is 17.2 Å². The fraction of sp³-hybridized carbons (Fsp3) is 0.273. The van der Waals surface area contributed by atoms with Gasteiger partial charge in [0.05, 0.1) is 34.5 Å². The molecule has 2 unspecified atom stereocenters. The lowest BCUT2D eigenvalue weighted by Crippen LogP contribution is -2.43. The van der Waals surface area contributed by atoms with Gasteiger partial charge in [-0.25, -0.2) is 13.2 Å². The van der Waals surface area contributed by atoms with Crippen molar-refractivity contribution in [1.29, 1.82) is 0 Å². The number of aromatic nitrogens is 2. The zero-order valence-corrected chi connectivity index (χ0v) is 25.7. The molecule has 3 N–H and O–H groups in total. The molecule has 3 atom stereocenters. The Morgan fingerprint density at radius 2 is 1.87 bits per heavy atom. The van der Waals surface area contributed by atoms with Crippen LogP contribution in [0.3, 0.4) is 0 Å². The molecular weight excluding hydrogens is 639 g/mol. The van der Waals surface area contributed by atoms with Gasteiger partial charge in [-0.1, -0.05) is 11.6 Å². The molecule has 14 heteroatoms. The van der Waals surface area contributed by atoms with Crippen molar-refractivity contribution in [2.45, 2.75) is 44.2 Å². The van der Waals surface area contributed by atoms with Crippen LogP contribution in [0, 0.1) is 11.0 Å². The van der Waals surface area contributed by atoms with Crippen LogP contribution in [0.4, 0.5) is 18.9 Å². The molecule has 2 aliphatic rings. The number of carbonyl (C=O) groups is 1. The third-order valence-electron chi connectivity index (χ3n) is 7.89. The molecule has 244 valence electrons. The van der Waals surface area contributed by atoms with E-state index in [1.807, 2.05) is 6.92 Å². The summed E-state index contributed by atoms with van der Waals surface area (Å²) in [5.74, 6) is -0.0930. The van der Waals surface area contributed by atoms with E-state index in [4.69, 9.17) is 26.1 Å². The van der Waals surface area contributed by atoms with E-state index in [1.165, 1.54) is 30.3 Å². The molecule has 0 bridgehead atoms. The zero-order chi connectivity index (χ0) is 33.2. The Bertz CT molecular complexity index is 1840. The quantitative estimate of drug-likeness (QED) is 0.143. The van der Waals surface area contributed by atoms with Gasteiger partial charge in [0, 0.05) is 29.9 Å². The van der Waals surface area contributed by atoms with Gasteiger partial charge in [-0.3, -0.25) is 14.8 Å². The number of fused-ring (bicyclic) bond motifs is 3. The van der Waals surface area contributed by atoms with Crippen molar-refractivity contribution >= 4 is 29.0 Å². The number of aliphatic hydroxyl groups excluding tert-OH is 1. The Morgan fingerprint density at radius 1 is 1.11 bits per heavy atom. The first-order chi connectivity index (χ1) is 22.6. The molecule has 1 aliphatic carbocycles. The highest BCUT2D eigenvalue weighted by Crippen LogP contribution is 2.46. The lowest BCUT2D eigenvalue weighted by Gasteiger charge is -2.39. The van der Waals surface area contributed by atoms with E-state index < -0.39 is 24.8 Å². The van der Waals surface area contributed by atoms with Crippen molar-refractivity contribution < 1.29 is 37.3 Å². The minimum absolute atomic E-state index is 0.0889. The second-order valence-corrected chi connectivity index (χ2v) is 11.6. The predicted molar refractivity (Wildman–Crippen MR) is 168 cm³/mol. The molecule has 1 aliphatic heterocycles. The maximum atomic E-state index is 13.6. The summed E-state index contributed by atoms with van der Waals surface area (Å²) in [6.07, 6.45) is 0.754. The van der Waals surface area contributed by atoms with Crippen molar-refractivity contribution in [3.63, 3.8) is 0 Å². The molecule has 1 saturated carbocycles. The van der Waals surface area contributed by atoms with Gasteiger partial charge in [0.25, 0.3) is 17.8 Å². The SMILES string of the molecule is C[C@H](CO)NC1=NC2CCC2c2nccc(Oc3ccc(NC(=O)c4ccc(OCC(F)F)c(-c5ccc(F)cc5)[n+]4[O-])cc3Cl)c21. The van der Waals surface area contributed by atoms with E-state index in [-0.39, 0.29) is 68.5 Å². The van der Waals surface area contributed by atoms with Crippen LogP contribution in [-0.4, -0.2) is 53.6 Å². The molecule has 4 aromatic rings. The van der Waals surface area contributed by atoms with Crippen molar-refractivity contribution in [2.75, 3.05) is 18.5 Å². The normalized spacial score (nSPS) is 17.1. The standard InChI is InChI=1S/C33H29ClF3N5O5/c1-17(15-43)39-32-29-26(12-13-38-30(29)21-7-8-23(21)41-32)47-25-10-6-20(14-22(25)34)40-33(44)24-9-11-27(46-16-28(36)37)31(42(24)45)18-2-4-19(35)5-3-18/h2-6,9-14,17,21,23,28,43H,7-8,15-16H2,1H3,(H,39,41)(H,40,44)/t17-,21?,23?/m1/s1. The molecule has 2 aromatic heterocycles. The third kappa shape index (κ3) is 6.67. The molecule has 10 nitrogen and oxygen atoms in total. The Balaban J connectivity index is 1.24. The first-order valence-electron chi connectivity index (χ1n) is 14.8. The maximum absolute atomic E-state index is 13.6. The van der Waals surface area contributed by atoms with Crippen LogP contribution < -0.4 is 24.8 Å². The minimum Gasteiger partial charge on any atom is -0.618 e. The minimum atomic E-state index is -2.81. The number of nitrogens with one attached hydrogen (secondary N) is 2. The van der Waals surface area contributed by atoms with Crippen molar-refractivity contribution in [3.8, 4) is 28.5 Å². The number of hydrogen-bond acceptors (Lipinski definition) is 8. The van der Waals surface area contributed by atoms with E-state index in [0.29, 0.717) is 17.1 Å². The molecule has 0 spiro atoms. The van der Waals surface area contributed by atoms with E-state index in [0.717, 1.165) is 36.7 Å². The number of halogens is 4. The van der Waals surface area contributed by atoms with Gasteiger partial charge in [0.15, 0.2) is 5.75 Å². The zero-order valence-electron chi connectivity index (χ0n) is 24.9. The summed E-state index contributed by atoms with van der Waals surface area (Å²) >= 11 is 6.58. The van der Waals surface area contributed by atoms with Gasteiger partial charge in [-0.15, -0.1) is 0 Å². The lowest BCUT2D eigenvalue weighted by molar-refractivity contribution is -0.596. The largest absolute Gasteiger partial charge is 0.618 e. The summed E-state index contributed by atoms with van der Waals surface area (Å²) in [4.78, 5) is 22.7. The molecule has 6 rings (SSSR count). The number of anilines is 1. The van der Waals surface area contributed by atoms with Crippen molar-refractivity contribution in [1.82, 2.24) is 10.3 Å². The highest BCUT2D eigenvalue weighted by Gasteiger charge is 2.40. The summed E-state index contributed by atoms with van der Waals surface area (Å²) in [5, 5.41) is 29.0. The molecule has 2 aromatic carbocycles. The van der Waals surface area contributed by atoms with E-state index in [9.17, 15) is 28.3 Å². The number of amides is 1. The number of ether oxygens (including phenoxy) is 2. The Hall–Kier alpha value is -4.88. The number of carbonyl (C=O) groups excluding carboxylic acids is 1. The molecule has 47 heavy (non-hydrogen) atoms. The number of pyridine rings is 2. The van der Waals surface area contributed by atoms with Gasteiger partial charge in [0.1, 0.15) is 29.8 Å². The number of nitrogens with zero attached hydrogens (tertiary/aromatic N) is 3. The second-order valence-electron chi connectivity index (χ2n) is 11.2. The average molecular weight is 668 g/mol. The predicted octanol–water partition coefficient (Wildman–Crippen LogP) is 5.84. The first kappa shape index (κ1) is 32.1. The van der Waals surface area contributed by atoms with Crippen LogP contribution in [0.2, 0.25) is 5.02 Å². The number of hydrogen-bond donors (Lipinski definition) is 3. The second kappa shape index (κ2) is 13.5. The van der Waals surface area contributed by atoms with Crippen molar-refractivity contribution in [2.24, 2.45) is 4.99 Å². The summed E-state index contributed by atoms with van der Waals surface area (Å²) in [6, 6.07) is 13.2. The van der Waals surface area contributed by atoms with Gasteiger partial charge >= 0.3 is 5.91 Å². The molecule has 1 amide bonds. The van der Waals surface area contributed by atoms with Gasteiger partial charge in [-0.2, -0.15) is 4.73 Å². The van der Waals surface area contributed by atoms with Crippen LogP contribution in [0.15, 0.2) is 71.9 Å². The molecule has 0 radical (unpaired) electrons. The molecule has 0 saturated heterocycles. The summed E-state index contributed by atoms with van der Waals surface area (Å²) in [6.45, 7) is 0.764. The Kier molecular flexibility index (Phi) is 9.19. The topological polar surface area (TPSA) is 132 Å². The van der Waals surface area contributed by atoms with Crippen LogP contribution in [0.25, 0.3) is 11.3 Å². The maximum Gasteiger partial charge on any atom is 0.321 e. The third-order valence-corrected chi connectivity index (χ3v) is 8.19. The molecule has 3 heterocycles. The smallest absolute Gasteiger partial charge is 0.321 e.